The summed E-state index contributed by atoms with van der Waals surface area (Å²) in [5.41, 5.74) is 2.08. The van der Waals surface area contributed by atoms with E-state index >= 15 is 0 Å². The number of hydrogen-bond acceptors (Lipinski definition) is 4. The van der Waals surface area contributed by atoms with E-state index in [-0.39, 0.29) is 18.0 Å². The molecule has 0 saturated carbocycles. The van der Waals surface area contributed by atoms with Crippen LogP contribution in [0.15, 0.2) is 24.3 Å². The van der Waals surface area contributed by atoms with Crippen molar-refractivity contribution >= 4 is 11.9 Å². The highest BCUT2D eigenvalue weighted by atomic mass is 16.6. The van der Waals surface area contributed by atoms with Crippen molar-refractivity contribution in [1.29, 1.82) is 0 Å². The molecule has 2 unspecified atom stereocenters. The highest BCUT2D eigenvalue weighted by molar-refractivity contribution is 5.67. The molecule has 2 rings (SSSR count). The van der Waals surface area contributed by atoms with Crippen LogP contribution in [0.2, 0.25) is 0 Å². The van der Waals surface area contributed by atoms with E-state index in [2.05, 4.69) is 0 Å². The maximum absolute atomic E-state index is 11.2. The molecule has 1 aliphatic rings. The maximum atomic E-state index is 11.2. The van der Waals surface area contributed by atoms with E-state index in [0.29, 0.717) is 6.42 Å². The van der Waals surface area contributed by atoms with Crippen molar-refractivity contribution in [1.82, 2.24) is 0 Å². The number of fused-ring (bicyclic) bond motifs is 1. The molecule has 0 radical (unpaired) electrons. The first-order valence-electron chi connectivity index (χ1n) is 6.00. The van der Waals surface area contributed by atoms with Gasteiger partial charge >= 0.3 is 11.9 Å². The van der Waals surface area contributed by atoms with Crippen LogP contribution in [0.3, 0.4) is 0 Å². The number of benzene rings is 1. The Morgan fingerprint density at radius 2 is 1.78 bits per heavy atom. The zero-order valence-electron chi connectivity index (χ0n) is 10.5. The highest BCUT2D eigenvalue weighted by Crippen LogP contribution is 2.34. The van der Waals surface area contributed by atoms with Gasteiger partial charge in [-0.15, -0.1) is 0 Å². The van der Waals surface area contributed by atoms with Gasteiger partial charge < -0.3 is 9.47 Å². The fraction of sp³-hybridized carbons (Fsp3) is 0.429. The van der Waals surface area contributed by atoms with Crippen molar-refractivity contribution in [2.45, 2.75) is 38.9 Å². The molecule has 1 aliphatic carbocycles. The monoisotopic (exact) mass is 248 g/mol. The lowest BCUT2D eigenvalue weighted by Crippen LogP contribution is -2.32. The van der Waals surface area contributed by atoms with E-state index in [1.807, 2.05) is 24.3 Å². The number of esters is 2. The Kier molecular flexibility index (Phi) is 3.65. The third-order valence-electron chi connectivity index (χ3n) is 3.01. The fourth-order valence-electron chi connectivity index (χ4n) is 2.34. The van der Waals surface area contributed by atoms with E-state index < -0.39 is 6.10 Å². The predicted molar refractivity (Wildman–Crippen MR) is 64.8 cm³/mol. The zero-order valence-corrected chi connectivity index (χ0v) is 10.5. The number of rotatable bonds is 2. The molecule has 0 bridgehead atoms. The second-order valence-corrected chi connectivity index (χ2v) is 4.42. The van der Waals surface area contributed by atoms with Crippen molar-refractivity contribution in [3.05, 3.63) is 35.4 Å². The van der Waals surface area contributed by atoms with Gasteiger partial charge in [-0.2, -0.15) is 0 Å². The van der Waals surface area contributed by atoms with Crippen LogP contribution in [0.1, 0.15) is 37.5 Å². The van der Waals surface area contributed by atoms with Crippen LogP contribution in [0.5, 0.6) is 0 Å². The van der Waals surface area contributed by atoms with Crippen LogP contribution in [-0.2, 0) is 25.5 Å². The molecule has 18 heavy (non-hydrogen) atoms. The molecule has 0 aliphatic heterocycles. The Labute approximate surface area is 106 Å². The number of ether oxygens (including phenoxy) is 2. The molecule has 4 heteroatoms. The first kappa shape index (κ1) is 12.6. The van der Waals surface area contributed by atoms with Gasteiger partial charge in [0.2, 0.25) is 0 Å². The molecular formula is C14H16O4. The Morgan fingerprint density at radius 3 is 2.44 bits per heavy atom. The minimum atomic E-state index is -0.489. The van der Waals surface area contributed by atoms with Crippen molar-refractivity contribution in [2.75, 3.05) is 0 Å². The standard InChI is InChI=1S/C14H16O4/c1-9(15)17-13-8-7-11-5-3-4-6-12(11)14(13)18-10(2)16/h3-6,13-14H,7-8H2,1-2H3. The van der Waals surface area contributed by atoms with Gasteiger partial charge in [-0.3, -0.25) is 9.59 Å². The van der Waals surface area contributed by atoms with E-state index in [1.54, 1.807) is 0 Å². The number of aryl methyl sites for hydroxylation is 1. The van der Waals surface area contributed by atoms with Gasteiger partial charge in [0.1, 0.15) is 6.10 Å². The Balaban J connectivity index is 2.30. The Hall–Kier alpha value is -1.84. The highest BCUT2D eigenvalue weighted by Gasteiger charge is 2.33. The molecule has 96 valence electrons. The fourth-order valence-corrected chi connectivity index (χ4v) is 2.34. The van der Waals surface area contributed by atoms with Gasteiger partial charge in [0.05, 0.1) is 0 Å². The Morgan fingerprint density at radius 1 is 1.11 bits per heavy atom. The molecule has 1 aromatic carbocycles. The second kappa shape index (κ2) is 5.21. The number of carbonyl (C=O) groups excluding carboxylic acids is 2. The molecule has 0 amide bonds. The zero-order chi connectivity index (χ0) is 13.1. The molecule has 0 saturated heterocycles. The van der Waals surface area contributed by atoms with Gasteiger partial charge in [0, 0.05) is 13.8 Å². The third kappa shape index (κ3) is 2.70. The van der Waals surface area contributed by atoms with Gasteiger partial charge in [-0.25, -0.2) is 0 Å². The van der Waals surface area contributed by atoms with E-state index in [1.165, 1.54) is 13.8 Å². The largest absolute Gasteiger partial charge is 0.458 e. The quantitative estimate of drug-likeness (QED) is 0.753. The smallest absolute Gasteiger partial charge is 0.303 e. The van der Waals surface area contributed by atoms with E-state index in [0.717, 1.165) is 17.5 Å². The second-order valence-electron chi connectivity index (χ2n) is 4.42. The van der Waals surface area contributed by atoms with Crippen LogP contribution < -0.4 is 0 Å². The van der Waals surface area contributed by atoms with Crippen molar-refractivity contribution in [3.63, 3.8) is 0 Å². The average molecular weight is 248 g/mol. The summed E-state index contributed by atoms with van der Waals surface area (Å²) >= 11 is 0. The van der Waals surface area contributed by atoms with E-state index in [9.17, 15) is 9.59 Å². The molecule has 0 N–H and O–H groups in total. The van der Waals surface area contributed by atoms with Crippen molar-refractivity contribution in [2.24, 2.45) is 0 Å². The van der Waals surface area contributed by atoms with Gasteiger partial charge in [0.15, 0.2) is 6.10 Å². The van der Waals surface area contributed by atoms with E-state index in [4.69, 9.17) is 9.47 Å². The lowest BCUT2D eigenvalue weighted by Gasteiger charge is -2.32. The summed E-state index contributed by atoms with van der Waals surface area (Å²) in [5, 5.41) is 0. The van der Waals surface area contributed by atoms with Crippen molar-refractivity contribution < 1.29 is 19.1 Å². The third-order valence-corrected chi connectivity index (χ3v) is 3.01. The minimum Gasteiger partial charge on any atom is -0.458 e. The summed E-state index contributed by atoms with van der Waals surface area (Å²) < 4.78 is 10.6. The summed E-state index contributed by atoms with van der Waals surface area (Å²) in [6, 6.07) is 7.77. The SMILES string of the molecule is CC(=O)OC1CCc2ccccc2C1OC(C)=O. The summed E-state index contributed by atoms with van der Waals surface area (Å²) in [6.07, 6.45) is 0.623. The maximum Gasteiger partial charge on any atom is 0.303 e. The first-order chi connectivity index (χ1) is 8.58. The summed E-state index contributed by atoms with van der Waals surface area (Å²) in [5.74, 6) is -0.717. The van der Waals surface area contributed by atoms with Crippen LogP contribution in [0, 0.1) is 0 Å². The van der Waals surface area contributed by atoms with Gasteiger partial charge in [-0.05, 0) is 24.0 Å². The normalized spacial score (nSPS) is 21.9. The van der Waals surface area contributed by atoms with Crippen LogP contribution in [-0.4, -0.2) is 18.0 Å². The molecule has 0 aromatic heterocycles. The molecule has 4 nitrogen and oxygen atoms in total. The predicted octanol–water partition coefficient (Wildman–Crippen LogP) is 2.17. The molecule has 2 atom stereocenters. The topological polar surface area (TPSA) is 52.6 Å². The average Bonchev–Trinajstić information content (AvgIpc) is 2.31. The van der Waals surface area contributed by atoms with Crippen LogP contribution >= 0.6 is 0 Å². The first-order valence-corrected chi connectivity index (χ1v) is 6.00. The molecule has 0 heterocycles. The lowest BCUT2D eigenvalue weighted by molar-refractivity contribution is -0.167. The summed E-state index contributed by atoms with van der Waals surface area (Å²) in [7, 11) is 0. The van der Waals surface area contributed by atoms with Crippen molar-refractivity contribution in [3.8, 4) is 0 Å². The minimum absolute atomic E-state index is 0.350. The molecular weight excluding hydrogens is 232 g/mol. The molecule has 0 fully saturated rings. The van der Waals surface area contributed by atoms with Crippen LogP contribution in [0.4, 0.5) is 0 Å². The van der Waals surface area contributed by atoms with Gasteiger partial charge in [0.25, 0.3) is 0 Å². The van der Waals surface area contributed by atoms with Crippen LogP contribution in [0.25, 0.3) is 0 Å². The molecule has 1 aromatic rings. The summed E-state index contributed by atoms with van der Waals surface area (Å²) in [4.78, 5) is 22.3. The lowest BCUT2D eigenvalue weighted by atomic mass is 9.87. The number of carbonyl (C=O) groups is 2. The number of hydrogen-bond donors (Lipinski definition) is 0. The Bertz CT molecular complexity index is 467. The summed E-state index contributed by atoms with van der Waals surface area (Å²) in [6.45, 7) is 2.73. The van der Waals surface area contributed by atoms with Gasteiger partial charge in [-0.1, -0.05) is 24.3 Å². The molecule has 0 spiro atoms.